The fraction of sp³-hybridized carbons (Fsp3) is 0.667. The highest BCUT2D eigenvalue weighted by Crippen LogP contribution is 2.20. The van der Waals surface area contributed by atoms with Crippen LogP contribution in [-0.4, -0.2) is 27.3 Å². The largest absolute Gasteiger partial charge is 0.365 e. The van der Waals surface area contributed by atoms with E-state index in [0.717, 1.165) is 12.4 Å². The lowest BCUT2D eigenvalue weighted by molar-refractivity contribution is 0.658. The zero-order chi connectivity index (χ0) is 9.10. The van der Waals surface area contributed by atoms with Gasteiger partial charge in [0.25, 0.3) is 0 Å². The van der Waals surface area contributed by atoms with E-state index in [0.29, 0.717) is 6.04 Å². The Kier molecular flexibility index (Phi) is 2.78. The SMILES string of the molecule is CCn1ccc(NC2CCSC2)n1. The van der Waals surface area contributed by atoms with Crippen molar-refractivity contribution >= 4 is 17.6 Å². The molecule has 0 aliphatic carbocycles. The molecule has 0 aromatic carbocycles. The standard InChI is InChI=1S/C9H15N3S/c1-2-12-5-3-9(11-12)10-8-4-6-13-7-8/h3,5,8H,2,4,6-7H2,1H3,(H,10,11). The fourth-order valence-corrected chi connectivity index (χ4v) is 2.62. The fourth-order valence-electron chi connectivity index (χ4n) is 1.47. The summed E-state index contributed by atoms with van der Waals surface area (Å²) in [6.45, 7) is 3.04. The van der Waals surface area contributed by atoms with Crippen LogP contribution in [0.25, 0.3) is 0 Å². The van der Waals surface area contributed by atoms with E-state index >= 15 is 0 Å². The van der Waals surface area contributed by atoms with Gasteiger partial charge in [0, 0.05) is 30.6 Å². The van der Waals surface area contributed by atoms with Crippen LogP contribution in [0.4, 0.5) is 5.82 Å². The van der Waals surface area contributed by atoms with Crippen LogP contribution < -0.4 is 5.32 Å². The molecular formula is C9H15N3S. The molecular weight excluding hydrogens is 182 g/mol. The van der Waals surface area contributed by atoms with Crippen molar-refractivity contribution in [1.29, 1.82) is 0 Å². The summed E-state index contributed by atoms with van der Waals surface area (Å²) in [4.78, 5) is 0. The maximum Gasteiger partial charge on any atom is 0.148 e. The predicted octanol–water partition coefficient (Wildman–Crippen LogP) is 1.82. The highest BCUT2D eigenvalue weighted by atomic mass is 32.2. The van der Waals surface area contributed by atoms with Gasteiger partial charge in [-0.05, 0) is 19.1 Å². The molecule has 2 rings (SSSR count). The van der Waals surface area contributed by atoms with Gasteiger partial charge in [-0.2, -0.15) is 16.9 Å². The molecule has 1 fully saturated rings. The van der Waals surface area contributed by atoms with Crippen molar-refractivity contribution in [2.24, 2.45) is 0 Å². The minimum Gasteiger partial charge on any atom is -0.365 e. The topological polar surface area (TPSA) is 29.9 Å². The number of nitrogens with one attached hydrogen (secondary N) is 1. The van der Waals surface area contributed by atoms with E-state index in [2.05, 4.69) is 17.3 Å². The summed E-state index contributed by atoms with van der Waals surface area (Å²) in [5, 5.41) is 7.83. The molecule has 0 radical (unpaired) electrons. The maximum absolute atomic E-state index is 4.39. The van der Waals surface area contributed by atoms with Crippen LogP contribution in [-0.2, 0) is 6.54 Å². The van der Waals surface area contributed by atoms with Gasteiger partial charge in [0.15, 0.2) is 0 Å². The van der Waals surface area contributed by atoms with E-state index in [1.165, 1.54) is 17.9 Å². The van der Waals surface area contributed by atoms with Crippen molar-refractivity contribution in [2.75, 3.05) is 16.8 Å². The Morgan fingerprint density at radius 2 is 2.69 bits per heavy atom. The Labute approximate surface area is 82.9 Å². The van der Waals surface area contributed by atoms with Crippen molar-refractivity contribution in [3.05, 3.63) is 12.3 Å². The van der Waals surface area contributed by atoms with E-state index in [1.807, 2.05) is 28.7 Å². The number of hydrogen-bond acceptors (Lipinski definition) is 3. The van der Waals surface area contributed by atoms with Crippen molar-refractivity contribution in [2.45, 2.75) is 25.9 Å². The van der Waals surface area contributed by atoms with Gasteiger partial charge in [-0.3, -0.25) is 4.68 Å². The van der Waals surface area contributed by atoms with E-state index in [4.69, 9.17) is 0 Å². The molecule has 0 saturated carbocycles. The molecule has 72 valence electrons. The lowest BCUT2D eigenvalue weighted by Crippen LogP contribution is -2.18. The van der Waals surface area contributed by atoms with Crippen LogP contribution in [0.5, 0.6) is 0 Å². The van der Waals surface area contributed by atoms with Crippen LogP contribution in [0.1, 0.15) is 13.3 Å². The van der Waals surface area contributed by atoms with Gasteiger partial charge in [-0.15, -0.1) is 0 Å². The van der Waals surface area contributed by atoms with Gasteiger partial charge in [0.2, 0.25) is 0 Å². The average molecular weight is 197 g/mol. The first kappa shape index (κ1) is 8.94. The first-order chi connectivity index (χ1) is 6.38. The Hall–Kier alpha value is -0.640. The average Bonchev–Trinajstić information content (AvgIpc) is 2.76. The van der Waals surface area contributed by atoms with Crippen molar-refractivity contribution in [1.82, 2.24) is 9.78 Å². The lowest BCUT2D eigenvalue weighted by atomic mass is 10.3. The zero-order valence-corrected chi connectivity index (χ0v) is 8.68. The Bertz CT molecular complexity index is 266. The number of aryl methyl sites for hydroxylation is 1. The summed E-state index contributed by atoms with van der Waals surface area (Å²) in [6.07, 6.45) is 3.29. The van der Waals surface area contributed by atoms with Gasteiger partial charge >= 0.3 is 0 Å². The van der Waals surface area contributed by atoms with E-state index < -0.39 is 0 Å². The number of thioether (sulfide) groups is 1. The third-order valence-corrected chi connectivity index (χ3v) is 3.41. The summed E-state index contributed by atoms with van der Waals surface area (Å²) in [6, 6.07) is 2.68. The van der Waals surface area contributed by atoms with Gasteiger partial charge in [0.05, 0.1) is 0 Å². The first-order valence-electron chi connectivity index (χ1n) is 4.76. The number of aromatic nitrogens is 2. The Balaban J connectivity index is 1.92. The predicted molar refractivity (Wildman–Crippen MR) is 57.3 cm³/mol. The van der Waals surface area contributed by atoms with E-state index in [9.17, 15) is 0 Å². The third kappa shape index (κ3) is 2.18. The van der Waals surface area contributed by atoms with Gasteiger partial charge < -0.3 is 5.32 Å². The molecule has 1 atom stereocenters. The molecule has 1 aliphatic heterocycles. The minimum absolute atomic E-state index is 0.630. The lowest BCUT2D eigenvalue weighted by Gasteiger charge is -2.08. The third-order valence-electron chi connectivity index (χ3n) is 2.25. The number of hydrogen-bond donors (Lipinski definition) is 1. The molecule has 3 nitrogen and oxygen atoms in total. The molecule has 4 heteroatoms. The second-order valence-electron chi connectivity index (χ2n) is 3.26. The normalized spacial score (nSPS) is 22.1. The summed E-state index contributed by atoms with van der Waals surface area (Å²) in [7, 11) is 0. The van der Waals surface area contributed by atoms with Crippen molar-refractivity contribution in [3.8, 4) is 0 Å². The van der Waals surface area contributed by atoms with Crippen LogP contribution in [0.2, 0.25) is 0 Å². The number of anilines is 1. The number of rotatable bonds is 3. The molecule has 2 heterocycles. The summed E-state index contributed by atoms with van der Waals surface area (Å²) in [5.41, 5.74) is 0. The van der Waals surface area contributed by atoms with Gasteiger partial charge in [-0.25, -0.2) is 0 Å². The van der Waals surface area contributed by atoms with Gasteiger partial charge in [0.1, 0.15) is 5.82 Å². The van der Waals surface area contributed by atoms with E-state index in [-0.39, 0.29) is 0 Å². The molecule has 1 saturated heterocycles. The highest BCUT2D eigenvalue weighted by molar-refractivity contribution is 7.99. The molecule has 1 unspecified atom stereocenters. The quantitative estimate of drug-likeness (QED) is 0.801. The smallest absolute Gasteiger partial charge is 0.148 e. The summed E-state index contributed by atoms with van der Waals surface area (Å²) < 4.78 is 1.95. The molecule has 1 aliphatic rings. The van der Waals surface area contributed by atoms with Crippen LogP contribution in [0.15, 0.2) is 12.3 Å². The van der Waals surface area contributed by atoms with Crippen molar-refractivity contribution in [3.63, 3.8) is 0 Å². The Morgan fingerprint density at radius 1 is 1.77 bits per heavy atom. The second kappa shape index (κ2) is 4.05. The molecule has 1 aromatic rings. The molecule has 13 heavy (non-hydrogen) atoms. The molecule has 1 aromatic heterocycles. The Morgan fingerprint density at radius 3 is 3.31 bits per heavy atom. The van der Waals surface area contributed by atoms with E-state index in [1.54, 1.807) is 0 Å². The molecule has 0 amide bonds. The van der Waals surface area contributed by atoms with Crippen molar-refractivity contribution < 1.29 is 0 Å². The molecule has 1 N–H and O–H groups in total. The monoisotopic (exact) mass is 197 g/mol. The first-order valence-corrected chi connectivity index (χ1v) is 5.91. The second-order valence-corrected chi connectivity index (χ2v) is 4.41. The zero-order valence-electron chi connectivity index (χ0n) is 7.86. The summed E-state index contributed by atoms with van der Waals surface area (Å²) in [5.74, 6) is 3.53. The van der Waals surface area contributed by atoms with Crippen LogP contribution in [0, 0.1) is 0 Å². The molecule has 0 spiro atoms. The molecule has 0 bridgehead atoms. The highest BCUT2D eigenvalue weighted by Gasteiger charge is 2.15. The minimum atomic E-state index is 0.630. The number of nitrogens with zero attached hydrogens (tertiary/aromatic N) is 2. The van der Waals surface area contributed by atoms with Crippen LogP contribution in [0.3, 0.4) is 0 Å². The van der Waals surface area contributed by atoms with Crippen LogP contribution >= 0.6 is 11.8 Å². The van der Waals surface area contributed by atoms with Gasteiger partial charge in [-0.1, -0.05) is 0 Å². The maximum atomic E-state index is 4.39. The summed E-state index contributed by atoms with van der Waals surface area (Å²) >= 11 is 2.02.